The maximum Gasteiger partial charge on any atom is 0.248 e. The highest BCUT2D eigenvalue weighted by molar-refractivity contribution is 5.78. The Balaban J connectivity index is 1.73. The summed E-state index contributed by atoms with van der Waals surface area (Å²) in [6.45, 7) is 3.30. The van der Waals surface area contributed by atoms with Gasteiger partial charge in [-0.25, -0.2) is 0 Å². The molecule has 1 fully saturated rings. The molecule has 0 radical (unpaired) electrons. The number of carbonyl (C=O) groups excluding carboxylic acids is 2. The fourth-order valence-electron chi connectivity index (χ4n) is 3.00. The van der Waals surface area contributed by atoms with Gasteiger partial charge in [-0.2, -0.15) is 0 Å². The Bertz CT molecular complexity index is 571. The van der Waals surface area contributed by atoms with E-state index in [9.17, 15) is 9.59 Å². The minimum absolute atomic E-state index is 0.0322. The van der Waals surface area contributed by atoms with Gasteiger partial charge in [0.25, 0.3) is 0 Å². The highest BCUT2D eigenvalue weighted by Gasteiger charge is 2.26. The molecular formula is C14H21N5O3. The number of rotatable bonds is 4. The summed E-state index contributed by atoms with van der Waals surface area (Å²) < 4.78 is 6.96. The van der Waals surface area contributed by atoms with E-state index >= 15 is 0 Å². The van der Waals surface area contributed by atoms with E-state index in [1.807, 2.05) is 9.47 Å². The van der Waals surface area contributed by atoms with Gasteiger partial charge in [0, 0.05) is 33.2 Å². The first kappa shape index (κ1) is 15.0. The average molecular weight is 307 g/mol. The molecule has 2 aliphatic rings. The number of carbonyl (C=O) groups is 2. The second-order valence-corrected chi connectivity index (χ2v) is 5.70. The van der Waals surface area contributed by atoms with Crippen LogP contribution in [0.1, 0.15) is 30.9 Å². The van der Waals surface area contributed by atoms with Crippen molar-refractivity contribution in [2.24, 2.45) is 0 Å². The van der Waals surface area contributed by atoms with Crippen LogP contribution in [0.2, 0.25) is 0 Å². The van der Waals surface area contributed by atoms with E-state index in [0.29, 0.717) is 26.1 Å². The number of hydrogen-bond donors (Lipinski definition) is 0. The Morgan fingerprint density at radius 1 is 1.23 bits per heavy atom. The van der Waals surface area contributed by atoms with Gasteiger partial charge in [0.1, 0.15) is 6.61 Å². The van der Waals surface area contributed by atoms with Gasteiger partial charge < -0.3 is 19.1 Å². The van der Waals surface area contributed by atoms with Gasteiger partial charge in [0.2, 0.25) is 11.8 Å². The van der Waals surface area contributed by atoms with Gasteiger partial charge in [-0.3, -0.25) is 9.59 Å². The lowest BCUT2D eigenvalue weighted by Gasteiger charge is -2.18. The standard InChI is InChI=1S/C14H21N5O3/c1-22-10-14(21)18-6-3-7-19-11(15-16-12(19)9-18)8-17-5-2-4-13(17)20/h2-10H2,1H3. The normalized spacial score (nSPS) is 18.5. The van der Waals surface area contributed by atoms with Crippen molar-refractivity contribution >= 4 is 11.8 Å². The molecule has 0 aliphatic carbocycles. The fourth-order valence-corrected chi connectivity index (χ4v) is 3.00. The van der Waals surface area contributed by atoms with Crippen LogP contribution in [0.25, 0.3) is 0 Å². The van der Waals surface area contributed by atoms with E-state index in [-0.39, 0.29) is 18.4 Å². The molecule has 120 valence electrons. The van der Waals surface area contributed by atoms with Gasteiger partial charge in [-0.15, -0.1) is 10.2 Å². The van der Waals surface area contributed by atoms with E-state index in [1.165, 1.54) is 7.11 Å². The Morgan fingerprint density at radius 3 is 2.82 bits per heavy atom. The van der Waals surface area contributed by atoms with Crippen molar-refractivity contribution in [1.29, 1.82) is 0 Å². The first-order valence-electron chi connectivity index (χ1n) is 7.64. The van der Waals surface area contributed by atoms with Crippen LogP contribution in [0.15, 0.2) is 0 Å². The van der Waals surface area contributed by atoms with Crippen LogP contribution < -0.4 is 0 Å². The molecule has 3 heterocycles. The van der Waals surface area contributed by atoms with Crippen LogP contribution >= 0.6 is 0 Å². The molecule has 3 rings (SSSR count). The molecule has 1 saturated heterocycles. The third kappa shape index (κ3) is 2.96. The molecule has 0 unspecified atom stereocenters. The lowest BCUT2D eigenvalue weighted by atomic mass is 10.3. The lowest BCUT2D eigenvalue weighted by Crippen LogP contribution is -2.33. The first-order chi connectivity index (χ1) is 10.7. The number of methoxy groups -OCH3 is 1. The topological polar surface area (TPSA) is 80.6 Å². The smallest absolute Gasteiger partial charge is 0.248 e. The predicted molar refractivity (Wildman–Crippen MR) is 76.6 cm³/mol. The Hall–Kier alpha value is -1.96. The average Bonchev–Trinajstić information content (AvgIpc) is 2.99. The van der Waals surface area contributed by atoms with Gasteiger partial charge in [-0.05, 0) is 12.8 Å². The second-order valence-electron chi connectivity index (χ2n) is 5.70. The highest BCUT2D eigenvalue weighted by atomic mass is 16.5. The number of nitrogens with zero attached hydrogens (tertiary/aromatic N) is 5. The van der Waals surface area contributed by atoms with E-state index in [1.54, 1.807) is 4.90 Å². The molecule has 8 heteroatoms. The predicted octanol–water partition coefficient (Wildman–Crippen LogP) is -0.221. The molecule has 0 spiro atoms. The molecule has 2 amide bonds. The van der Waals surface area contributed by atoms with E-state index in [0.717, 1.165) is 37.6 Å². The molecule has 1 aromatic rings. The summed E-state index contributed by atoms with van der Waals surface area (Å²) in [7, 11) is 1.52. The molecule has 8 nitrogen and oxygen atoms in total. The minimum atomic E-state index is -0.0322. The second kappa shape index (κ2) is 6.43. The van der Waals surface area contributed by atoms with Crippen LogP contribution in [-0.2, 0) is 34.0 Å². The fraction of sp³-hybridized carbons (Fsp3) is 0.714. The summed E-state index contributed by atoms with van der Waals surface area (Å²) >= 11 is 0. The molecule has 0 atom stereocenters. The van der Waals surface area contributed by atoms with Crippen LogP contribution in [0.3, 0.4) is 0 Å². The van der Waals surface area contributed by atoms with E-state index in [2.05, 4.69) is 10.2 Å². The van der Waals surface area contributed by atoms with Crippen molar-refractivity contribution in [2.75, 3.05) is 26.8 Å². The number of amides is 2. The van der Waals surface area contributed by atoms with Crippen LogP contribution in [0, 0.1) is 0 Å². The summed E-state index contributed by atoms with van der Waals surface area (Å²) in [4.78, 5) is 27.3. The van der Waals surface area contributed by atoms with Crippen LogP contribution in [0.5, 0.6) is 0 Å². The third-order valence-electron chi connectivity index (χ3n) is 4.17. The molecule has 2 aliphatic heterocycles. The quantitative estimate of drug-likeness (QED) is 0.768. The van der Waals surface area contributed by atoms with Crippen molar-refractivity contribution in [3.05, 3.63) is 11.6 Å². The van der Waals surface area contributed by atoms with Crippen molar-refractivity contribution < 1.29 is 14.3 Å². The number of hydrogen-bond acceptors (Lipinski definition) is 5. The van der Waals surface area contributed by atoms with Gasteiger partial charge in [0.05, 0.1) is 13.1 Å². The maximum absolute atomic E-state index is 12.0. The maximum atomic E-state index is 12.0. The molecule has 0 saturated carbocycles. The zero-order valence-electron chi connectivity index (χ0n) is 12.8. The molecule has 22 heavy (non-hydrogen) atoms. The molecule has 0 bridgehead atoms. The van der Waals surface area contributed by atoms with E-state index < -0.39 is 0 Å². The summed E-state index contributed by atoms with van der Waals surface area (Å²) in [5.74, 6) is 1.74. The first-order valence-corrected chi connectivity index (χ1v) is 7.64. The van der Waals surface area contributed by atoms with Gasteiger partial charge in [0.15, 0.2) is 11.6 Å². The van der Waals surface area contributed by atoms with Crippen molar-refractivity contribution in [2.45, 2.75) is 38.9 Å². The monoisotopic (exact) mass is 307 g/mol. The minimum Gasteiger partial charge on any atom is -0.375 e. The molecule has 1 aromatic heterocycles. The van der Waals surface area contributed by atoms with Gasteiger partial charge in [-0.1, -0.05) is 0 Å². The summed E-state index contributed by atoms with van der Waals surface area (Å²) in [6.07, 6.45) is 2.39. The summed E-state index contributed by atoms with van der Waals surface area (Å²) in [5.41, 5.74) is 0. The highest BCUT2D eigenvalue weighted by Crippen LogP contribution is 2.17. The number of aromatic nitrogens is 3. The third-order valence-corrected chi connectivity index (χ3v) is 4.17. The SMILES string of the molecule is COCC(=O)N1CCCn2c(CN3CCCC3=O)nnc2C1. The molecule has 0 aromatic carbocycles. The van der Waals surface area contributed by atoms with Crippen LogP contribution in [-0.4, -0.2) is 63.2 Å². The zero-order chi connectivity index (χ0) is 15.5. The van der Waals surface area contributed by atoms with Crippen molar-refractivity contribution in [1.82, 2.24) is 24.6 Å². The number of fused-ring (bicyclic) bond motifs is 1. The van der Waals surface area contributed by atoms with Crippen molar-refractivity contribution in [3.8, 4) is 0 Å². The van der Waals surface area contributed by atoms with Crippen molar-refractivity contribution in [3.63, 3.8) is 0 Å². The number of ether oxygens (including phenoxy) is 1. The van der Waals surface area contributed by atoms with Gasteiger partial charge >= 0.3 is 0 Å². The Morgan fingerprint density at radius 2 is 2.09 bits per heavy atom. The van der Waals surface area contributed by atoms with Crippen LogP contribution in [0.4, 0.5) is 0 Å². The summed E-state index contributed by atoms with van der Waals surface area (Å²) in [5, 5.41) is 8.44. The molecular weight excluding hydrogens is 286 g/mol. The largest absolute Gasteiger partial charge is 0.375 e. The molecule has 0 N–H and O–H groups in total. The summed E-state index contributed by atoms with van der Waals surface area (Å²) in [6, 6.07) is 0. The Labute approximate surface area is 129 Å². The zero-order valence-corrected chi connectivity index (χ0v) is 12.8. The van der Waals surface area contributed by atoms with E-state index in [4.69, 9.17) is 4.74 Å². The Kier molecular flexibility index (Phi) is 4.37. The lowest BCUT2D eigenvalue weighted by molar-refractivity contribution is -0.135. The number of likely N-dealkylation sites (tertiary alicyclic amines) is 1.